The van der Waals surface area contributed by atoms with Crippen LogP contribution < -0.4 is 4.74 Å². The molecule has 2 aromatic heterocycles. The number of hydrogen-bond donors (Lipinski definition) is 0. The summed E-state index contributed by atoms with van der Waals surface area (Å²) in [5, 5.41) is 0.449. The number of imidazole rings is 2. The number of aryl methyl sites for hydroxylation is 1. The lowest BCUT2D eigenvalue weighted by Crippen LogP contribution is -2.13. The van der Waals surface area contributed by atoms with Crippen LogP contribution in [-0.4, -0.2) is 31.5 Å². The fourth-order valence-corrected chi connectivity index (χ4v) is 4.40. The fourth-order valence-electron chi connectivity index (χ4n) is 3.24. The summed E-state index contributed by atoms with van der Waals surface area (Å²) in [5.74, 6) is 0.899. The number of nitrogens with zero attached hydrogens (tertiary/aromatic N) is 4. The second-order valence-corrected chi connectivity index (χ2v) is 8.22. The van der Waals surface area contributed by atoms with Gasteiger partial charge in [0.2, 0.25) is 0 Å². The Hall–Kier alpha value is -2.99. The first-order chi connectivity index (χ1) is 14.3. The van der Waals surface area contributed by atoms with Gasteiger partial charge in [0.05, 0.1) is 19.8 Å². The third-order valence-corrected chi connectivity index (χ3v) is 6.09. The molecule has 0 amide bonds. The number of rotatable bonds is 9. The van der Waals surface area contributed by atoms with Gasteiger partial charge in [-0.05, 0) is 54.8 Å². The molecule has 0 saturated carbocycles. The molecule has 0 fully saturated rings. The van der Waals surface area contributed by atoms with Crippen LogP contribution in [-0.2, 0) is 13.0 Å². The Morgan fingerprint density at radius 1 is 0.931 bits per heavy atom. The minimum atomic E-state index is 0.449. The number of aromatic nitrogens is 4. The molecule has 148 valence electrons. The maximum Gasteiger partial charge on any atom is 0.118 e. The highest BCUT2D eigenvalue weighted by Crippen LogP contribution is 2.29. The van der Waals surface area contributed by atoms with E-state index in [1.165, 1.54) is 10.5 Å². The van der Waals surface area contributed by atoms with Gasteiger partial charge in [-0.2, -0.15) is 0 Å². The van der Waals surface area contributed by atoms with Crippen LogP contribution in [0.3, 0.4) is 0 Å². The van der Waals surface area contributed by atoms with Gasteiger partial charge in [-0.3, -0.25) is 0 Å². The van der Waals surface area contributed by atoms with Crippen molar-refractivity contribution < 1.29 is 4.74 Å². The quantitative estimate of drug-likeness (QED) is 0.373. The van der Waals surface area contributed by atoms with E-state index in [0.717, 1.165) is 30.8 Å². The van der Waals surface area contributed by atoms with Crippen LogP contribution in [0.5, 0.6) is 5.75 Å². The number of ether oxygens (including phenoxy) is 1. The standard InChI is InChI=1S/C23H24N4OS/c1-28-21-7-2-19(3-8-21)4-9-23(16-26-14-12-24-17-26)29-22-10-5-20(6-11-22)27-15-13-25-18-27/h2-3,5-8,10-15,17-18,23H,4,9,16H2,1H3. The van der Waals surface area contributed by atoms with Crippen LogP contribution in [0.4, 0.5) is 0 Å². The smallest absolute Gasteiger partial charge is 0.118 e. The summed E-state index contributed by atoms with van der Waals surface area (Å²) < 4.78 is 9.43. The van der Waals surface area contributed by atoms with E-state index < -0.39 is 0 Å². The lowest BCUT2D eigenvalue weighted by Gasteiger charge is -2.18. The van der Waals surface area contributed by atoms with Crippen LogP contribution in [0.2, 0.25) is 0 Å². The molecular formula is C23H24N4OS. The summed E-state index contributed by atoms with van der Waals surface area (Å²) in [6.07, 6.45) is 13.4. The van der Waals surface area contributed by atoms with E-state index in [9.17, 15) is 0 Å². The summed E-state index contributed by atoms with van der Waals surface area (Å²) >= 11 is 1.92. The zero-order valence-electron chi connectivity index (χ0n) is 16.4. The van der Waals surface area contributed by atoms with E-state index in [4.69, 9.17) is 4.74 Å². The van der Waals surface area contributed by atoms with E-state index in [0.29, 0.717) is 5.25 Å². The SMILES string of the molecule is COc1ccc(CCC(Cn2ccnc2)Sc2ccc(-n3ccnc3)cc2)cc1. The number of hydrogen-bond acceptors (Lipinski definition) is 4. The molecule has 0 bridgehead atoms. The van der Waals surface area contributed by atoms with Crippen LogP contribution in [0.15, 0.2) is 90.9 Å². The fraction of sp³-hybridized carbons (Fsp3) is 0.217. The predicted octanol–water partition coefficient (Wildman–Crippen LogP) is 4.87. The topological polar surface area (TPSA) is 44.9 Å². The molecule has 0 aliphatic rings. The van der Waals surface area contributed by atoms with Crippen molar-refractivity contribution in [3.8, 4) is 11.4 Å². The first-order valence-electron chi connectivity index (χ1n) is 9.64. The number of benzene rings is 2. The van der Waals surface area contributed by atoms with Gasteiger partial charge in [-0.1, -0.05) is 12.1 Å². The van der Waals surface area contributed by atoms with Crippen molar-refractivity contribution in [2.75, 3.05) is 7.11 Å². The molecule has 1 unspecified atom stereocenters. The van der Waals surface area contributed by atoms with E-state index >= 15 is 0 Å². The maximum absolute atomic E-state index is 5.26. The monoisotopic (exact) mass is 404 g/mol. The molecule has 0 N–H and O–H groups in total. The van der Waals surface area contributed by atoms with Gasteiger partial charge in [-0.25, -0.2) is 9.97 Å². The summed E-state index contributed by atoms with van der Waals surface area (Å²) in [4.78, 5) is 9.58. The Kier molecular flexibility index (Phi) is 6.32. The first kappa shape index (κ1) is 19.3. The van der Waals surface area contributed by atoms with Gasteiger partial charge < -0.3 is 13.9 Å². The normalized spacial score (nSPS) is 12.0. The highest BCUT2D eigenvalue weighted by atomic mass is 32.2. The van der Waals surface area contributed by atoms with Crippen molar-refractivity contribution >= 4 is 11.8 Å². The minimum absolute atomic E-state index is 0.449. The molecule has 4 aromatic rings. The lowest BCUT2D eigenvalue weighted by molar-refractivity contribution is 0.414. The second-order valence-electron chi connectivity index (χ2n) is 6.85. The van der Waals surface area contributed by atoms with Crippen molar-refractivity contribution in [1.29, 1.82) is 0 Å². The Morgan fingerprint density at radius 2 is 1.69 bits per heavy atom. The Labute approximate surface area is 175 Å². The summed E-state index contributed by atoms with van der Waals surface area (Å²) in [7, 11) is 1.70. The van der Waals surface area contributed by atoms with Crippen LogP contribution in [0.1, 0.15) is 12.0 Å². The van der Waals surface area contributed by atoms with Crippen molar-refractivity contribution in [3.63, 3.8) is 0 Å². The molecule has 2 heterocycles. The third kappa shape index (κ3) is 5.29. The van der Waals surface area contributed by atoms with Gasteiger partial charge >= 0.3 is 0 Å². The molecule has 29 heavy (non-hydrogen) atoms. The Bertz CT molecular complexity index is 981. The zero-order chi connectivity index (χ0) is 19.9. The molecule has 0 aliphatic carbocycles. The Morgan fingerprint density at radius 3 is 2.34 bits per heavy atom. The third-order valence-electron chi connectivity index (χ3n) is 4.83. The summed E-state index contributed by atoms with van der Waals surface area (Å²) in [5.41, 5.74) is 2.45. The van der Waals surface area contributed by atoms with Crippen molar-refractivity contribution in [1.82, 2.24) is 19.1 Å². The molecule has 6 heteroatoms. The Balaban J connectivity index is 1.43. The average molecular weight is 405 g/mol. The van der Waals surface area contributed by atoms with Gasteiger partial charge in [0.1, 0.15) is 5.75 Å². The molecular weight excluding hydrogens is 380 g/mol. The second kappa shape index (κ2) is 9.47. The molecule has 0 spiro atoms. The van der Waals surface area contributed by atoms with E-state index in [2.05, 4.69) is 50.9 Å². The first-order valence-corrected chi connectivity index (χ1v) is 10.5. The van der Waals surface area contributed by atoms with Crippen LogP contribution in [0.25, 0.3) is 5.69 Å². The van der Waals surface area contributed by atoms with Gasteiger partial charge in [0.15, 0.2) is 0 Å². The van der Waals surface area contributed by atoms with E-state index in [1.807, 2.05) is 59.7 Å². The molecule has 2 aromatic carbocycles. The summed E-state index contributed by atoms with van der Waals surface area (Å²) in [6.45, 7) is 0.935. The molecule has 0 aliphatic heterocycles. The summed E-state index contributed by atoms with van der Waals surface area (Å²) in [6, 6.07) is 17.0. The van der Waals surface area contributed by atoms with Crippen molar-refractivity contribution in [3.05, 3.63) is 91.5 Å². The molecule has 0 saturated heterocycles. The maximum atomic E-state index is 5.26. The largest absolute Gasteiger partial charge is 0.497 e. The highest BCUT2D eigenvalue weighted by Gasteiger charge is 2.12. The number of methoxy groups -OCH3 is 1. The zero-order valence-corrected chi connectivity index (χ0v) is 17.2. The van der Waals surface area contributed by atoms with Gasteiger partial charge in [0, 0.05) is 47.2 Å². The van der Waals surface area contributed by atoms with E-state index in [-0.39, 0.29) is 0 Å². The highest BCUT2D eigenvalue weighted by molar-refractivity contribution is 8.00. The lowest BCUT2D eigenvalue weighted by atomic mass is 10.1. The van der Waals surface area contributed by atoms with Crippen molar-refractivity contribution in [2.24, 2.45) is 0 Å². The molecule has 1 atom stereocenters. The van der Waals surface area contributed by atoms with Crippen molar-refractivity contribution in [2.45, 2.75) is 29.5 Å². The minimum Gasteiger partial charge on any atom is -0.497 e. The predicted molar refractivity (Wildman–Crippen MR) is 117 cm³/mol. The molecule has 5 nitrogen and oxygen atoms in total. The van der Waals surface area contributed by atoms with Crippen LogP contribution >= 0.6 is 11.8 Å². The molecule has 4 rings (SSSR count). The molecule has 0 radical (unpaired) electrons. The van der Waals surface area contributed by atoms with E-state index in [1.54, 1.807) is 13.3 Å². The average Bonchev–Trinajstić information content (AvgIpc) is 3.47. The number of thioether (sulfide) groups is 1. The van der Waals surface area contributed by atoms with Gasteiger partial charge in [0.25, 0.3) is 0 Å². The van der Waals surface area contributed by atoms with Crippen LogP contribution in [0, 0.1) is 0 Å². The van der Waals surface area contributed by atoms with Gasteiger partial charge in [-0.15, -0.1) is 11.8 Å².